The van der Waals surface area contributed by atoms with Gasteiger partial charge >= 0.3 is 35.6 Å². The SMILES string of the molecule is [C-]1=CC=CC1.[C-]1=CC=CC1.[La+3]. The minimum absolute atomic E-state index is 0. The van der Waals surface area contributed by atoms with Crippen LogP contribution in [0.4, 0.5) is 0 Å². The second kappa shape index (κ2) is 8.25. The van der Waals surface area contributed by atoms with Gasteiger partial charge in [-0.15, -0.1) is 12.8 Å². The third-order valence-corrected chi connectivity index (χ3v) is 1.17. The number of allylic oxidation sites excluding steroid dienone is 8. The van der Waals surface area contributed by atoms with Gasteiger partial charge in [-0.1, -0.05) is 0 Å². The van der Waals surface area contributed by atoms with Gasteiger partial charge in [-0.2, -0.15) is 12.2 Å². The predicted octanol–water partition coefficient (Wildman–Crippen LogP) is 2.61. The molecule has 2 rings (SSSR count). The molecule has 0 N–H and O–H groups in total. The third kappa shape index (κ3) is 6.55. The summed E-state index contributed by atoms with van der Waals surface area (Å²) in [5.41, 5.74) is 0. The molecule has 0 aromatic heterocycles. The molecule has 0 aromatic rings. The van der Waals surface area contributed by atoms with E-state index in [2.05, 4.69) is 24.3 Å². The standard InChI is InChI=1S/2C5H5.La/c2*1-2-4-5-3-1;/h2*1-3H,4H2;/q2*-1;+3. The summed E-state index contributed by atoms with van der Waals surface area (Å²) in [6.45, 7) is 0. The third-order valence-electron chi connectivity index (χ3n) is 1.17. The average molecular weight is 269 g/mol. The van der Waals surface area contributed by atoms with Crippen LogP contribution in [0.1, 0.15) is 12.8 Å². The first-order valence-electron chi connectivity index (χ1n) is 3.43. The number of rotatable bonds is 0. The zero-order chi connectivity index (χ0) is 7.07. The Hall–Kier alpha value is 0.155. The molecule has 0 saturated heterocycles. The maximum Gasteiger partial charge on any atom is 3.00 e. The minimum atomic E-state index is 0. The Morgan fingerprint density at radius 1 is 0.818 bits per heavy atom. The van der Waals surface area contributed by atoms with Gasteiger partial charge in [0.2, 0.25) is 0 Å². The van der Waals surface area contributed by atoms with Crippen LogP contribution in [0.25, 0.3) is 0 Å². The van der Waals surface area contributed by atoms with Gasteiger partial charge in [0.1, 0.15) is 0 Å². The quantitative estimate of drug-likeness (QED) is 0.593. The van der Waals surface area contributed by atoms with Crippen molar-refractivity contribution >= 4 is 0 Å². The Balaban J connectivity index is 0.000000167. The first-order valence-corrected chi connectivity index (χ1v) is 3.43. The van der Waals surface area contributed by atoms with Crippen LogP contribution in [0, 0.1) is 47.8 Å². The average Bonchev–Trinajstić information content (AvgIpc) is 2.67. The molecule has 0 amide bonds. The first kappa shape index (κ1) is 11.2. The van der Waals surface area contributed by atoms with E-state index in [9.17, 15) is 0 Å². The summed E-state index contributed by atoms with van der Waals surface area (Å²) in [6, 6.07) is 0. The molecule has 1 heteroatoms. The molecule has 0 nitrogen and oxygen atoms in total. The van der Waals surface area contributed by atoms with Crippen LogP contribution in [0.15, 0.2) is 36.5 Å². The van der Waals surface area contributed by atoms with Crippen LogP contribution < -0.4 is 0 Å². The molecule has 52 valence electrons. The van der Waals surface area contributed by atoms with Gasteiger partial charge in [0.25, 0.3) is 0 Å². The molecule has 0 heterocycles. The van der Waals surface area contributed by atoms with Crippen molar-refractivity contribution < 1.29 is 35.6 Å². The normalized spacial score (nSPS) is 16.0. The summed E-state index contributed by atoms with van der Waals surface area (Å²) < 4.78 is 0. The molecular formula is C10H10La+. The van der Waals surface area contributed by atoms with Crippen LogP contribution >= 0.6 is 0 Å². The molecule has 0 atom stereocenters. The Bertz CT molecular complexity index is 143. The van der Waals surface area contributed by atoms with Crippen molar-refractivity contribution in [1.29, 1.82) is 0 Å². The van der Waals surface area contributed by atoms with Crippen molar-refractivity contribution in [3.63, 3.8) is 0 Å². The summed E-state index contributed by atoms with van der Waals surface area (Å²) in [6.07, 6.45) is 20.0. The smallest absolute Gasteiger partial charge is 0.273 e. The largest absolute Gasteiger partial charge is 3.00 e. The molecule has 0 radical (unpaired) electrons. The summed E-state index contributed by atoms with van der Waals surface area (Å²) in [7, 11) is 0. The maximum atomic E-state index is 2.99. The first-order chi connectivity index (χ1) is 5.00. The van der Waals surface area contributed by atoms with Gasteiger partial charge in [-0.05, 0) is 0 Å². The van der Waals surface area contributed by atoms with E-state index < -0.39 is 0 Å². The summed E-state index contributed by atoms with van der Waals surface area (Å²) >= 11 is 0. The Kier molecular flexibility index (Phi) is 8.37. The van der Waals surface area contributed by atoms with Gasteiger partial charge in [0, 0.05) is 0 Å². The van der Waals surface area contributed by atoms with Crippen molar-refractivity contribution in [3.05, 3.63) is 48.6 Å². The van der Waals surface area contributed by atoms with Gasteiger partial charge < -0.3 is 0 Å². The minimum Gasteiger partial charge on any atom is -0.273 e. The molecule has 0 fully saturated rings. The second-order valence-electron chi connectivity index (χ2n) is 2.01. The fourth-order valence-corrected chi connectivity index (χ4v) is 0.680. The maximum absolute atomic E-state index is 2.99. The number of hydrogen-bond donors (Lipinski definition) is 0. The molecule has 0 aliphatic heterocycles. The van der Waals surface area contributed by atoms with Crippen molar-refractivity contribution in [2.75, 3.05) is 0 Å². The topological polar surface area (TPSA) is 0 Å². The Morgan fingerprint density at radius 2 is 1.27 bits per heavy atom. The molecule has 11 heavy (non-hydrogen) atoms. The van der Waals surface area contributed by atoms with Crippen LogP contribution in [-0.2, 0) is 0 Å². The van der Waals surface area contributed by atoms with E-state index in [1.54, 1.807) is 0 Å². The van der Waals surface area contributed by atoms with Crippen LogP contribution in [-0.4, -0.2) is 0 Å². The van der Waals surface area contributed by atoms with Crippen molar-refractivity contribution in [2.24, 2.45) is 0 Å². The van der Waals surface area contributed by atoms with Gasteiger partial charge in [-0.25, -0.2) is 24.3 Å². The molecule has 2 aliphatic rings. The summed E-state index contributed by atoms with van der Waals surface area (Å²) in [5, 5.41) is 0. The Morgan fingerprint density at radius 3 is 1.36 bits per heavy atom. The fourth-order valence-electron chi connectivity index (χ4n) is 0.680. The van der Waals surface area contributed by atoms with Gasteiger partial charge in [-0.3, -0.25) is 12.2 Å². The summed E-state index contributed by atoms with van der Waals surface area (Å²) in [4.78, 5) is 0. The van der Waals surface area contributed by atoms with Crippen LogP contribution in [0.3, 0.4) is 0 Å². The molecule has 0 unspecified atom stereocenters. The van der Waals surface area contributed by atoms with E-state index >= 15 is 0 Å². The van der Waals surface area contributed by atoms with Gasteiger partial charge in [0.15, 0.2) is 0 Å². The number of hydrogen-bond acceptors (Lipinski definition) is 0. The van der Waals surface area contributed by atoms with E-state index in [0.717, 1.165) is 12.8 Å². The monoisotopic (exact) mass is 269 g/mol. The molecule has 0 spiro atoms. The zero-order valence-corrected chi connectivity index (χ0v) is 10.1. The summed E-state index contributed by atoms with van der Waals surface area (Å²) in [5.74, 6) is 0. The van der Waals surface area contributed by atoms with E-state index in [1.807, 2.05) is 24.3 Å². The fraction of sp³-hybridized carbons (Fsp3) is 0.200. The van der Waals surface area contributed by atoms with E-state index in [4.69, 9.17) is 0 Å². The molecule has 0 aromatic carbocycles. The molecule has 0 saturated carbocycles. The van der Waals surface area contributed by atoms with E-state index in [-0.39, 0.29) is 35.6 Å². The molecule has 0 bridgehead atoms. The van der Waals surface area contributed by atoms with Crippen molar-refractivity contribution in [2.45, 2.75) is 12.8 Å². The van der Waals surface area contributed by atoms with Crippen molar-refractivity contribution in [1.82, 2.24) is 0 Å². The molecule has 2 aliphatic carbocycles. The van der Waals surface area contributed by atoms with Crippen LogP contribution in [0.5, 0.6) is 0 Å². The van der Waals surface area contributed by atoms with E-state index in [0.29, 0.717) is 0 Å². The second-order valence-corrected chi connectivity index (χ2v) is 2.01. The van der Waals surface area contributed by atoms with Crippen LogP contribution in [0.2, 0.25) is 0 Å². The predicted molar refractivity (Wildman–Crippen MR) is 43.1 cm³/mol. The molecular weight excluding hydrogens is 259 g/mol. The van der Waals surface area contributed by atoms with Crippen molar-refractivity contribution in [3.8, 4) is 0 Å². The van der Waals surface area contributed by atoms with Gasteiger partial charge in [0.05, 0.1) is 0 Å². The Labute approximate surface area is 96.4 Å². The zero-order valence-electron chi connectivity index (χ0n) is 6.46. The van der Waals surface area contributed by atoms with E-state index in [1.165, 1.54) is 0 Å².